The molecule has 0 saturated carbocycles. The van der Waals surface area contributed by atoms with Gasteiger partial charge in [0.05, 0.1) is 12.1 Å². The Kier molecular flexibility index (Phi) is 3.91. The summed E-state index contributed by atoms with van der Waals surface area (Å²) in [5.41, 5.74) is 1.06. The number of anilines is 1. The van der Waals surface area contributed by atoms with Gasteiger partial charge in [-0.05, 0) is 31.5 Å². The Labute approximate surface area is 101 Å². The fraction of sp³-hybridized carbons (Fsp3) is 0.500. The Balaban J connectivity index is 2.03. The van der Waals surface area contributed by atoms with E-state index in [0.717, 1.165) is 24.5 Å². The van der Waals surface area contributed by atoms with Gasteiger partial charge >= 0.3 is 0 Å². The normalized spacial score (nSPS) is 20.5. The van der Waals surface area contributed by atoms with Crippen molar-refractivity contribution in [1.29, 1.82) is 0 Å². The summed E-state index contributed by atoms with van der Waals surface area (Å²) in [6.07, 6.45) is 2.43. The fourth-order valence-electron chi connectivity index (χ4n) is 1.96. The molecule has 1 aromatic rings. The van der Waals surface area contributed by atoms with Gasteiger partial charge in [-0.3, -0.25) is 0 Å². The molecule has 1 aromatic carbocycles. The van der Waals surface area contributed by atoms with Crippen LogP contribution < -0.4 is 15.4 Å². The number of halogens is 1. The molecule has 1 heterocycles. The van der Waals surface area contributed by atoms with E-state index in [1.165, 1.54) is 12.8 Å². The van der Waals surface area contributed by atoms with Gasteiger partial charge in [-0.25, -0.2) is 0 Å². The maximum Gasteiger partial charge on any atom is 0.139 e. The number of hydrogen-bond acceptors (Lipinski definition) is 3. The van der Waals surface area contributed by atoms with Crippen molar-refractivity contribution in [1.82, 2.24) is 5.32 Å². The summed E-state index contributed by atoms with van der Waals surface area (Å²) in [4.78, 5) is 0. The van der Waals surface area contributed by atoms with Crippen molar-refractivity contribution >= 4 is 17.3 Å². The second-order valence-corrected chi connectivity index (χ2v) is 4.44. The van der Waals surface area contributed by atoms with Crippen molar-refractivity contribution < 1.29 is 4.74 Å². The van der Waals surface area contributed by atoms with E-state index >= 15 is 0 Å². The van der Waals surface area contributed by atoms with Crippen molar-refractivity contribution in [3.63, 3.8) is 0 Å². The van der Waals surface area contributed by atoms with Gasteiger partial charge < -0.3 is 15.4 Å². The summed E-state index contributed by atoms with van der Waals surface area (Å²) >= 11 is 5.97. The van der Waals surface area contributed by atoms with Gasteiger partial charge in [0.15, 0.2) is 0 Å². The first kappa shape index (κ1) is 11.6. The Morgan fingerprint density at radius 2 is 2.38 bits per heavy atom. The Morgan fingerprint density at radius 1 is 1.50 bits per heavy atom. The molecule has 1 unspecified atom stereocenters. The van der Waals surface area contributed by atoms with Gasteiger partial charge in [0.25, 0.3) is 0 Å². The summed E-state index contributed by atoms with van der Waals surface area (Å²) in [5.74, 6) is 0.718. The summed E-state index contributed by atoms with van der Waals surface area (Å²) in [7, 11) is 1.63. The summed E-state index contributed by atoms with van der Waals surface area (Å²) in [6.45, 7) is 2.15. The molecule has 2 rings (SSSR count). The van der Waals surface area contributed by atoms with Crippen molar-refractivity contribution in [2.45, 2.75) is 18.9 Å². The van der Waals surface area contributed by atoms with Crippen LogP contribution in [0, 0.1) is 0 Å². The van der Waals surface area contributed by atoms with E-state index in [9.17, 15) is 0 Å². The van der Waals surface area contributed by atoms with E-state index < -0.39 is 0 Å². The molecule has 1 saturated heterocycles. The van der Waals surface area contributed by atoms with Crippen LogP contribution >= 0.6 is 11.6 Å². The topological polar surface area (TPSA) is 33.3 Å². The molecule has 0 aliphatic carbocycles. The summed E-state index contributed by atoms with van der Waals surface area (Å²) in [6, 6.07) is 6.29. The molecule has 0 amide bonds. The highest BCUT2D eigenvalue weighted by Crippen LogP contribution is 2.28. The molecule has 0 spiro atoms. The van der Waals surface area contributed by atoms with Crippen molar-refractivity contribution in [2.75, 3.05) is 25.5 Å². The first-order valence-electron chi connectivity index (χ1n) is 5.60. The smallest absolute Gasteiger partial charge is 0.139 e. The molecule has 1 atom stereocenters. The van der Waals surface area contributed by atoms with E-state index in [0.29, 0.717) is 11.1 Å². The fourth-order valence-corrected chi connectivity index (χ4v) is 2.15. The lowest BCUT2D eigenvalue weighted by atomic mass is 10.1. The lowest BCUT2D eigenvalue weighted by Gasteiger charge is -2.25. The third-order valence-electron chi connectivity index (χ3n) is 2.82. The molecule has 3 nitrogen and oxygen atoms in total. The number of hydrogen-bond donors (Lipinski definition) is 2. The molecular weight excluding hydrogens is 224 g/mol. The van der Waals surface area contributed by atoms with Gasteiger partial charge in [0.2, 0.25) is 0 Å². The van der Waals surface area contributed by atoms with Crippen LogP contribution in [0.5, 0.6) is 5.75 Å². The monoisotopic (exact) mass is 240 g/mol. The van der Waals surface area contributed by atoms with Crippen LogP contribution in [0.2, 0.25) is 5.02 Å². The van der Waals surface area contributed by atoms with Crippen LogP contribution in [0.4, 0.5) is 5.69 Å². The molecule has 1 aliphatic heterocycles. The standard InChI is InChI=1S/C12H17ClN2O/c1-16-12-7-9(4-5-11(12)13)15-10-3-2-6-14-8-10/h4-5,7,10,14-15H,2-3,6,8H2,1H3. The highest BCUT2D eigenvalue weighted by atomic mass is 35.5. The average molecular weight is 241 g/mol. The van der Waals surface area contributed by atoms with E-state index in [1.807, 2.05) is 18.2 Å². The van der Waals surface area contributed by atoms with Crippen LogP contribution in [0.25, 0.3) is 0 Å². The molecule has 1 fully saturated rings. The largest absolute Gasteiger partial charge is 0.495 e. The zero-order valence-corrected chi connectivity index (χ0v) is 10.2. The van der Waals surface area contributed by atoms with Crippen LogP contribution in [-0.4, -0.2) is 26.2 Å². The minimum atomic E-state index is 0.500. The second-order valence-electron chi connectivity index (χ2n) is 4.04. The lowest BCUT2D eigenvalue weighted by Crippen LogP contribution is -2.38. The molecule has 0 radical (unpaired) electrons. The van der Waals surface area contributed by atoms with Crippen LogP contribution in [-0.2, 0) is 0 Å². The third-order valence-corrected chi connectivity index (χ3v) is 3.13. The van der Waals surface area contributed by atoms with Crippen LogP contribution in [0.15, 0.2) is 18.2 Å². The second kappa shape index (κ2) is 5.41. The quantitative estimate of drug-likeness (QED) is 0.852. The van der Waals surface area contributed by atoms with Gasteiger partial charge in [-0.2, -0.15) is 0 Å². The molecule has 1 aliphatic rings. The molecule has 16 heavy (non-hydrogen) atoms. The number of methoxy groups -OCH3 is 1. The van der Waals surface area contributed by atoms with Gasteiger partial charge in [0, 0.05) is 24.3 Å². The number of nitrogens with one attached hydrogen (secondary N) is 2. The van der Waals surface area contributed by atoms with Crippen LogP contribution in [0.1, 0.15) is 12.8 Å². The maximum absolute atomic E-state index is 5.97. The van der Waals surface area contributed by atoms with Gasteiger partial charge in [-0.15, -0.1) is 0 Å². The minimum absolute atomic E-state index is 0.500. The van der Waals surface area contributed by atoms with E-state index in [-0.39, 0.29) is 0 Å². The first-order valence-corrected chi connectivity index (χ1v) is 5.98. The number of ether oxygens (including phenoxy) is 1. The van der Waals surface area contributed by atoms with Crippen molar-refractivity contribution in [3.8, 4) is 5.75 Å². The molecular formula is C12H17ClN2O. The predicted octanol–water partition coefficient (Wildman–Crippen LogP) is 2.51. The van der Waals surface area contributed by atoms with E-state index in [1.54, 1.807) is 7.11 Å². The molecule has 2 N–H and O–H groups in total. The highest BCUT2D eigenvalue weighted by molar-refractivity contribution is 6.32. The van der Waals surface area contributed by atoms with E-state index in [4.69, 9.17) is 16.3 Å². The summed E-state index contributed by atoms with van der Waals surface area (Å²) in [5, 5.41) is 7.50. The van der Waals surface area contributed by atoms with Crippen LogP contribution in [0.3, 0.4) is 0 Å². The zero-order valence-electron chi connectivity index (χ0n) is 9.42. The maximum atomic E-state index is 5.97. The average Bonchev–Trinajstić information content (AvgIpc) is 2.33. The highest BCUT2D eigenvalue weighted by Gasteiger charge is 2.12. The minimum Gasteiger partial charge on any atom is -0.495 e. The number of piperidine rings is 1. The number of rotatable bonds is 3. The number of benzene rings is 1. The first-order chi connectivity index (χ1) is 7.79. The zero-order chi connectivity index (χ0) is 11.4. The SMILES string of the molecule is COc1cc(NC2CCCNC2)ccc1Cl. The van der Waals surface area contributed by atoms with Gasteiger partial charge in [-0.1, -0.05) is 11.6 Å². The third kappa shape index (κ3) is 2.80. The van der Waals surface area contributed by atoms with Gasteiger partial charge in [0.1, 0.15) is 5.75 Å². The van der Waals surface area contributed by atoms with Crippen molar-refractivity contribution in [3.05, 3.63) is 23.2 Å². The Bertz CT molecular complexity index is 351. The Morgan fingerprint density at radius 3 is 3.06 bits per heavy atom. The molecule has 0 bridgehead atoms. The molecule has 0 aromatic heterocycles. The predicted molar refractivity (Wildman–Crippen MR) is 67.5 cm³/mol. The molecule has 88 valence electrons. The van der Waals surface area contributed by atoms with E-state index in [2.05, 4.69) is 10.6 Å². The summed E-state index contributed by atoms with van der Waals surface area (Å²) < 4.78 is 5.19. The van der Waals surface area contributed by atoms with Crippen molar-refractivity contribution in [2.24, 2.45) is 0 Å². The lowest BCUT2D eigenvalue weighted by molar-refractivity contribution is 0.415. The Hall–Kier alpha value is -0.930. The molecule has 4 heteroatoms.